The molecule has 1 heterocycles. The highest BCUT2D eigenvalue weighted by atomic mass is 32.1. The molecule has 0 saturated carbocycles. The first-order valence-electron chi connectivity index (χ1n) is 5.44. The fourth-order valence-electron chi connectivity index (χ4n) is 1.46. The molecular formula is C13H18OS. The number of unbranched alkanes of at least 4 members (excludes halogenated alkanes) is 3. The summed E-state index contributed by atoms with van der Waals surface area (Å²) in [5.41, 5.74) is 0. The van der Waals surface area contributed by atoms with Gasteiger partial charge in [-0.25, -0.2) is 0 Å². The molecule has 0 fully saturated rings. The van der Waals surface area contributed by atoms with Gasteiger partial charge in [-0.15, -0.1) is 17.9 Å². The van der Waals surface area contributed by atoms with Crippen LogP contribution in [0.1, 0.15) is 46.7 Å². The van der Waals surface area contributed by atoms with Crippen LogP contribution in [0, 0.1) is 6.92 Å². The van der Waals surface area contributed by atoms with Gasteiger partial charge in [0.05, 0.1) is 4.88 Å². The number of rotatable bonds is 7. The first-order chi connectivity index (χ1) is 7.24. The van der Waals surface area contributed by atoms with Crippen molar-refractivity contribution in [1.82, 2.24) is 0 Å². The fourth-order valence-corrected chi connectivity index (χ4v) is 2.29. The molecule has 0 spiro atoms. The Balaban J connectivity index is 2.22. The Bertz CT molecular complexity index is 325. The van der Waals surface area contributed by atoms with Crippen LogP contribution in [-0.4, -0.2) is 5.78 Å². The maximum Gasteiger partial charge on any atom is 0.172 e. The van der Waals surface area contributed by atoms with E-state index < -0.39 is 0 Å². The molecule has 0 N–H and O–H groups in total. The van der Waals surface area contributed by atoms with Crippen LogP contribution in [0.4, 0.5) is 0 Å². The van der Waals surface area contributed by atoms with Gasteiger partial charge in [-0.2, -0.15) is 0 Å². The number of allylic oxidation sites excluding steroid dienone is 1. The summed E-state index contributed by atoms with van der Waals surface area (Å²) in [6.07, 6.45) is 6.97. The quantitative estimate of drug-likeness (QED) is 0.380. The lowest BCUT2D eigenvalue weighted by Gasteiger charge is -1.97. The van der Waals surface area contributed by atoms with E-state index in [1.165, 1.54) is 4.88 Å². The standard InChI is InChI=1S/C13H18OS/c1-3-4-5-6-7-8-12(14)13-10-9-11(2)15-13/h3,9-10H,1,4-8H2,2H3. The van der Waals surface area contributed by atoms with Crippen LogP contribution in [0.2, 0.25) is 0 Å². The predicted octanol–water partition coefficient (Wildman–Crippen LogP) is 4.38. The topological polar surface area (TPSA) is 17.1 Å². The van der Waals surface area contributed by atoms with Crippen molar-refractivity contribution in [3.63, 3.8) is 0 Å². The van der Waals surface area contributed by atoms with E-state index in [4.69, 9.17) is 0 Å². The number of carbonyl (C=O) groups is 1. The SMILES string of the molecule is C=CCCCCCC(=O)c1ccc(C)s1. The van der Waals surface area contributed by atoms with E-state index in [-0.39, 0.29) is 0 Å². The summed E-state index contributed by atoms with van der Waals surface area (Å²) in [4.78, 5) is 13.8. The van der Waals surface area contributed by atoms with Crippen LogP contribution in [0.5, 0.6) is 0 Å². The number of aryl methyl sites for hydroxylation is 1. The number of Topliss-reactive ketones (excluding diaryl/α,β-unsaturated/α-hetero) is 1. The van der Waals surface area contributed by atoms with Crippen LogP contribution in [0.25, 0.3) is 0 Å². The molecule has 0 radical (unpaired) electrons. The van der Waals surface area contributed by atoms with Crippen molar-refractivity contribution in [3.05, 3.63) is 34.5 Å². The highest BCUT2D eigenvalue weighted by Crippen LogP contribution is 2.18. The Morgan fingerprint density at radius 3 is 2.80 bits per heavy atom. The molecule has 0 amide bonds. The van der Waals surface area contributed by atoms with Crippen molar-refractivity contribution < 1.29 is 4.79 Å². The molecule has 0 aliphatic carbocycles. The lowest BCUT2D eigenvalue weighted by atomic mass is 10.1. The van der Waals surface area contributed by atoms with E-state index in [0.29, 0.717) is 12.2 Å². The van der Waals surface area contributed by atoms with Gasteiger partial charge in [0.15, 0.2) is 5.78 Å². The van der Waals surface area contributed by atoms with Crippen molar-refractivity contribution in [2.45, 2.75) is 39.0 Å². The van der Waals surface area contributed by atoms with E-state index in [0.717, 1.165) is 30.6 Å². The van der Waals surface area contributed by atoms with Crippen LogP contribution in [0.3, 0.4) is 0 Å². The first kappa shape index (κ1) is 12.2. The van der Waals surface area contributed by atoms with Gasteiger partial charge in [0, 0.05) is 11.3 Å². The molecule has 0 aliphatic heterocycles. The van der Waals surface area contributed by atoms with Gasteiger partial charge in [-0.1, -0.05) is 12.5 Å². The largest absolute Gasteiger partial charge is 0.293 e. The summed E-state index contributed by atoms with van der Waals surface area (Å²) in [6, 6.07) is 3.95. The molecule has 0 atom stereocenters. The van der Waals surface area contributed by atoms with E-state index in [1.807, 2.05) is 25.1 Å². The van der Waals surface area contributed by atoms with Crippen LogP contribution < -0.4 is 0 Å². The highest BCUT2D eigenvalue weighted by Gasteiger charge is 2.06. The second-order valence-corrected chi connectivity index (χ2v) is 5.01. The second kappa shape index (κ2) is 6.57. The lowest BCUT2D eigenvalue weighted by molar-refractivity contribution is 0.0983. The minimum absolute atomic E-state index is 0.298. The molecule has 15 heavy (non-hydrogen) atoms. The zero-order valence-corrected chi connectivity index (χ0v) is 10.1. The van der Waals surface area contributed by atoms with Gasteiger partial charge >= 0.3 is 0 Å². The Hall–Kier alpha value is -0.890. The molecule has 0 unspecified atom stereocenters. The van der Waals surface area contributed by atoms with Crippen LogP contribution in [-0.2, 0) is 0 Å². The normalized spacial score (nSPS) is 10.2. The molecule has 0 bridgehead atoms. The van der Waals surface area contributed by atoms with E-state index in [2.05, 4.69) is 6.58 Å². The number of hydrogen-bond acceptors (Lipinski definition) is 2. The third kappa shape index (κ3) is 4.43. The van der Waals surface area contributed by atoms with Gasteiger partial charge < -0.3 is 0 Å². The summed E-state index contributed by atoms with van der Waals surface area (Å²) < 4.78 is 0. The molecule has 2 heteroatoms. The van der Waals surface area contributed by atoms with Gasteiger partial charge in [0.2, 0.25) is 0 Å². The van der Waals surface area contributed by atoms with Gasteiger partial charge in [0.1, 0.15) is 0 Å². The summed E-state index contributed by atoms with van der Waals surface area (Å²) in [6.45, 7) is 5.71. The van der Waals surface area contributed by atoms with Gasteiger partial charge in [-0.05, 0) is 38.3 Å². The molecule has 1 nitrogen and oxygen atoms in total. The van der Waals surface area contributed by atoms with Crippen LogP contribution >= 0.6 is 11.3 Å². The predicted molar refractivity (Wildman–Crippen MR) is 66.7 cm³/mol. The number of hydrogen-bond donors (Lipinski definition) is 0. The average molecular weight is 222 g/mol. The van der Waals surface area contributed by atoms with Gasteiger partial charge in [-0.3, -0.25) is 4.79 Å². The average Bonchev–Trinajstić information content (AvgIpc) is 2.64. The number of carbonyl (C=O) groups excluding carboxylic acids is 1. The monoisotopic (exact) mass is 222 g/mol. The molecule has 1 aromatic rings. The Morgan fingerprint density at radius 1 is 1.40 bits per heavy atom. The minimum atomic E-state index is 0.298. The van der Waals surface area contributed by atoms with Crippen molar-refractivity contribution in [3.8, 4) is 0 Å². The molecule has 82 valence electrons. The summed E-state index contributed by atoms with van der Waals surface area (Å²) in [5.74, 6) is 0.298. The first-order valence-corrected chi connectivity index (χ1v) is 6.26. The van der Waals surface area contributed by atoms with Crippen molar-refractivity contribution in [2.24, 2.45) is 0 Å². The molecule has 0 saturated heterocycles. The number of thiophene rings is 1. The molecular weight excluding hydrogens is 204 g/mol. The highest BCUT2D eigenvalue weighted by molar-refractivity contribution is 7.14. The lowest BCUT2D eigenvalue weighted by Crippen LogP contribution is -1.95. The number of ketones is 1. The zero-order valence-electron chi connectivity index (χ0n) is 9.29. The minimum Gasteiger partial charge on any atom is -0.293 e. The molecule has 1 rings (SSSR count). The Morgan fingerprint density at radius 2 is 2.20 bits per heavy atom. The van der Waals surface area contributed by atoms with E-state index in [1.54, 1.807) is 11.3 Å². The molecule has 0 aromatic carbocycles. The third-order valence-electron chi connectivity index (χ3n) is 2.33. The third-order valence-corrected chi connectivity index (χ3v) is 3.37. The summed E-state index contributed by atoms with van der Waals surface area (Å²) in [5, 5.41) is 0. The Labute approximate surface area is 95.8 Å². The molecule has 1 aromatic heterocycles. The zero-order chi connectivity index (χ0) is 11.1. The smallest absolute Gasteiger partial charge is 0.172 e. The second-order valence-electron chi connectivity index (χ2n) is 3.72. The summed E-state index contributed by atoms with van der Waals surface area (Å²) >= 11 is 1.60. The van der Waals surface area contributed by atoms with Crippen molar-refractivity contribution in [2.75, 3.05) is 0 Å². The fraction of sp³-hybridized carbons (Fsp3) is 0.462. The van der Waals surface area contributed by atoms with Gasteiger partial charge in [0.25, 0.3) is 0 Å². The Kier molecular flexibility index (Phi) is 5.33. The van der Waals surface area contributed by atoms with E-state index >= 15 is 0 Å². The maximum atomic E-state index is 11.7. The van der Waals surface area contributed by atoms with Crippen LogP contribution in [0.15, 0.2) is 24.8 Å². The van der Waals surface area contributed by atoms with E-state index in [9.17, 15) is 4.79 Å². The van der Waals surface area contributed by atoms with Crippen molar-refractivity contribution in [1.29, 1.82) is 0 Å². The summed E-state index contributed by atoms with van der Waals surface area (Å²) in [7, 11) is 0. The maximum absolute atomic E-state index is 11.7. The van der Waals surface area contributed by atoms with Crippen molar-refractivity contribution >= 4 is 17.1 Å². The molecule has 0 aliphatic rings.